The van der Waals surface area contributed by atoms with E-state index in [-0.39, 0.29) is 0 Å². The summed E-state index contributed by atoms with van der Waals surface area (Å²) in [6, 6.07) is 12.2. The van der Waals surface area contributed by atoms with E-state index in [1.165, 1.54) is 5.56 Å². The summed E-state index contributed by atoms with van der Waals surface area (Å²) in [4.78, 5) is 0. The third-order valence-corrected chi connectivity index (χ3v) is 5.21. The molecule has 0 aliphatic heterocycles. The molecule has 4 nitrogen and oxygen atoms in total. The Morgan fingerprint density at radius 2 is 1.43 bits per heavy atom. The van der Waals surface area contributed by atoms with E-state index < -0.39 is 0 Å². The zero-order valence-electron chi connectivity index (χ0n) is 17.0. The summed E-state index contributed by atoms with van der Waals surface area (Å²) in [6.07, 6.45) is 11.2. The van der Waals surface area contributed by atoms with Crippen LogP contribution in [0.15, 0.2) is 54.6 Å². The Kier molecular flexibility index (Phi) is 6.64. The minimum Gasteiger partial charge on any atom is -0.493 e. The Labute approximate surface area is 167 Å². The van der Waals surface area contributed by atoms with E-state index in [0.717, 1.165) is 41.4 Å². The van der Waals surface area contributed by atoms with Crippen LogP contribution in [0, 0.1) is 5.92 Å². The second-order valence-electron chi connectivity index (χ2n) is 6.78. The molecule has 0 unspecified atom stereocenters. The van der Waals surface area contributed by atoms with Crippen molar-refractivity contribution in [2.24, 2.45) is 5.92 Å². The lowest BCUT2D eigenvalue weighted by Gasteiger charge is -2.26. The molecule has 0 fully saturated rings. The summed E-state index contributed by atoms with van der Waals surface area (Å²) < 4.78 is 21.6. The molecule has 2 atom stereocenters. The van der Waals surface area contributed by atoms with E-state index in [9.17, 15) is 0 Å². The quantitative estimate of drug-likeness (QED) is 0.596. The Morgan fingerprint density at radius 1 is 0.786 bits per heavy atom. The predicted molar refractivity (Wildman–Crippen MR) is 113 cm³/mol. The van der Waals surface area contributed by atoms with Gasteiger partial charge in [0.05, 0.1) is 28.4 Å². The van der Waals surface area contributed by atoms with Gasteiger partial charge in [0.1, 0.15) is 0 Å². The number of ether oxygens (including phenoxy) is 4. The molecule has 0 amide bonds. The molecule has 2 aromatic carbocycles. The zero-order valence-corrected chi connectivity index (χ0v) is 17.0. The summed E-state index contributed by atoms with van der Waals surface area (Å²) >= 11 is 0. The largest absolute Gasteiger partial charge is 0.493 e. The van der Waals surface area contributed by atoms with Crippen molar-refractivity contribution in [2.45, 2.75) is 18.8 Å². The maximum Gasteiger partial charge on any atom is 0.161 e. The van der Waals surface area contributed by atoms with Gasteiger partial charge in [-0.25, -0.2) is 0 Å². The SMILES string of the molecule is COc1ccc(/C=C/[C@H]2CCC=C[C@@H]2c2ccc(OC)c(OC)c2)cc1OC. The summed E-state index contributed by atoms with van der Waals surface area (Å²) in [5, 5.41) is 0. The molecule has 4 heteroatoms. The Balaban J connectivity index is 1.85. The monoisotopic (exact) mass is 380 g/mol. The molecular weight excluding hydrogens is 352 g/mol. The highest BCUT2D eigenvalue weighted by Crippen LogP contribution is 2.39. The van der Waals surface area contributed by atoms with Crippen LogP contribution in [-0.4, -0.2) is 28.4 Å². The van der Waals surface area contributed by atoms with Gasteiger partial charge < -0.3 is 18.9 Å². The molecule has 0 bridgehead atoms. The van der Waals surface area contributed by atoms with Crippen molar-refractivity contribution in [3.8, 4) is 23.0 Å². The average molecular weight is 380 g/mol. The molecule has 0 aromatic heterocycles. The topological polar surface area (TPSA) is 36.9 Å². The molecule has 28 heavy (non-hydrogen) atoms. The molecule has 148 valence electrons. The Morgan fingerprint density at radius 3 is 2.11 bits per heavy atom. The first-order valence-electron chi connectivity index (χ1n) is 9.49. The van der Waals surface area contributed by atoms with Gasteiger partial charge >= 0.3 is 0 Å². The van der Waals surface area contributed by atoms with Gasteiger partial charge in [0.2, 0.25) is 0 Å². The van der Waals surface area contributed by atoms with Crippen LogP contribution in [0.1, 0.15) is 29.9 Å². The number of hydrogen-bond donors (Lipinski definition) is 0. The molecule has 1 aliphatic rings. The van der Waals surface area contributed by atoms with Gasteiger partial charge in [-0.05, 0) is 54.2 Å². The van der Waals surface area contributed by atoms with Crippen LogP contribution in [0.25, 0.3) is 6.08 Å². The van der Waals surface area contributed by atoms with Gasteiger partial charge in [-0.2, -0.15) is 0 Å². The molecule has 0 saturated heterocycles. The summed E-state index contributed by atoms with van der Waals surface area (Å²) in [7, 11) is 6.64. The van der Waals surface area contributed by atoms with Crippen LogP contribution in [-0.2, 0) is 0 Å². The van der Waals surface area contributed by atoms with E-state index in [2.05, 4.69) is 36.4 Å². The lowest BCUT2D eigenvalue weighted by molar-refractivity contribution is 0.354. The average Bonchev–Trinajstić information content (AvgIpc) is 2.77. The molecular formula is C24H28O4. The second kappa shape index (κ2) is 9.36. The first-order valence-corrected chi connectivity index (χ1v) is 9.49. The normalized spacial score (nSPS) is 18.9. The van der Waals surface area contributed by atoms with Crippen molar-refractivity contribution < 1.29 is 18.9 Å². The fourth-order valence-electron chi connectivity index (χ4n) is 3.68. The van der Waals surface area contributed by atoms with Crippen molar-refractivity contribution in [1.82, 2.24) is 0 Å². The van der Waals surface area contributed by atoms with Crippen molar-refractivity contribution >= 4 is 6.08 Å². The van der Waals surface area contributed by atoms with Crippen molar-refractivity contribution in [2.75, 3.05) is 28.4 Å². The molecule has 0 saturated carbocycles. The molecule has 1 aliphatic carbocycles. The minimum atomic E-state index is 0.310. The number of hydrogen-bond acceptors (Lipinski definition) is 4. The predicted octanol–water partition coefficient (Wildman–Crippen LogP) is 5.48. The lowest BCUT2D eigenvalue weighted by Crippen LogP contribution is -2.12. The highest BCUT2D eigenvalue weighted by Gasteiger charge is 2.22. The minimum absolute atomic E-state index is 0.310. The highest BCUT2D eigenvalue weighted by molar-refractivity contribution is 5.56. The Hall–Kier alpha value is -2.88. The van der Waals surface area contributed by atoms with E-state index in [1.807, 2.05) is 24.3 Å². The third-order valence-electron chi connectivity index (χ3n) is 5.21. The highest BCUT2D eigenvalue weighted by atomic mass is 16.5. The first kappa shape index (κ1) is 19.9. The van der Waals surface area contributed by atoms with Crippen LogP contribution in [0.2, 0.25) is 0 Å². The van der Waals surface area contributed by atoms with Crippen LogP contribution < -0.4 is 18.9 Å². The number of rotatable bonds is 7. The van der Waals surface area contributed by atoms with Gasteiger partial charge in [-0.15, -0.1) is 0 Å². The third kappa shape index (κ3) is 4.33. The summed E-state index contributed by atoms with van der Waals surface area (Å²) in [5.41, 5.74) is 2.33. The molecule has 3 rings (SSSR count). The van der Waals surface area contributed by atoms with Gasteiger partial charge in [-0.1, -0.05) is 36.4 Å². The lowest BCUT2D eigenvalue weighted by atomic mass is 9.79. The van der Waals surface area contributed by atoms with Crippen molar-refractivity contribution in [1.29, 1.82) is 0 Å². The number of allylic oxidation sites excluding steroid dienone is 3. The van der Waals surface area contributed by atoms with Crippen molar-refractivity contribution in [3.63, 3.8) is 0 Å². The van der Waals surface area contributed by atoms with E-state index in [4.69, 9.17) is 18.9 Å². The molecule has 0 radical (unpaired) electrons. The van der Waals surface area contributed by atoms with Gasteiger partial charge in [0, 0.05) is 5.92 Å². The molecule has 0 heterocycles. The standard InChI is InChI=1S/C24H28O4/c1-25-21-13-10-17(15-23(21)27-3)9-11-18-7-5-6-8-20(18)19-12-14-22(26-2)24(16-19)28-4/h6,8-16,18,20H,5,7H2,1-4H3/b11-9+/t18-,20+/m1/s1. The maximum atomic E-state index is 5.49. The van der Waals surface area contributed by atoms with Crippen LogP contribution in [0.5, 0.6) is 23.0 Å². The molecule has 0 spiro atoms. The molecule has 0 N–H and O–H groups in total. The summed E-state index contributed by atoms with van der Waals surface area (Å²) in [5.74, 6) is 3.72. The second-order valence-corrected chi connectivity index (χ2v) is 6.78. The zero-order chi connectivity index (χ0) is 19.9. The van der Waals surface area contributed by atoms with Gasteiger partial charge in [0.25, 0.3) is 0 Å². The Bertz CT molecular complexity index is 854. The van der Waals surface area contributed by atoms with Crippen LogP contribution in [0.3, 0.4) is 0 Å². The fraction of sp³-hybridized carbons (Fsp3) is 0.333. The number of benzene rings is 2. The number of methoxy groups -OCH3 is 4. The first-order chi connectivity index (χ1) is 13.7. The van der Waals surface area contributed by atoms with Gasteiger partial charge in [0.15, 0.2) is 23.0 Å². The maximum absolute atomic E-state index is 5.49. The fourth-order valence-corrected chi connectivity index (χ4v) is 3.68. The van der Waals surface area contributed by atoms with E-state index >= 15 is 0 Å². The van der Waals surface area contributed by atoms with Gasteiger partial charge in [-0.3, -0.25) is 0 Å². The van der Waals surface area contributed by atoms with E-state index in [0.29, 0.717) is 11.8 Å². The van der Waals surface area contributed by atoms with Crippen LogP contribution in [0.4, 0.5) is 0 Å². The van der Waals surface area contributed by atoms with Crippen molar-refractivity contribution in [3.05, 3.63) is 65.8 Å². The summed E-state index contributed by atoms with van der Waals surface area (Å²) in [6.45, 7) is 0. The smallest absolute Gasteiger partial charge is 0.161 e. The van der Waals surface area contributed by atoms with E-state index in [1.54, 1.807) is 28.4 Å². The van der Waals surface area contributed by atoms with Crippen LogP contribution >= 0.6 is 0 Å². The molecule has 2 aromatic rings.